The van der Waals surface area contributed by atoms with Crippen molar-refractivity contribution >= 4 is 0 Å². The summed E-state index contributed by atoms with van der Waals surface area (Å²) in [5, 5.41) is 13.6. The van der Waals surface area contributed by atoms with E-state index in [4.69, 9.17) is 9.47 Å². The Kier molecular flexibility index (Phi) is 4.19. The fourth-order valence-electron chi connectivity index (χ4n) is 2.57. The van der Waals surface area contributed by atoms with Gasteiger partial charge in [0.15, 0.2) is 0 Å². The SMILES string of the molecule is COC1CCC(NCC2(O)CCOC2)CC1. The number of nitrogens with one attached hydrogen (secondary N) is 1. The van der Waals surface area contributed by atoms with Crippen molar-refractivity contribution in [2.45, 2.75) is 49.9 Å². The second kappa shape index (κ2) is 5.45. The second-order valence-corrected chi connectivity index (χ2v) is 5.12. The molecule has 2 fully saturated rings. The van der Waals surface area contributed by atoms with Gasteiger partial charge in [-0.3, -0.25) is 0 Å². The second-order valence-electron chi connectivity index (χ2n) is 5.12. The molecule has 0 aromatic carbocycles. The van der Waals surface area contributed by atoms with Crippen molar-refractivity contribution in [1.29, 1.82) is 0 Å². The van der Waals surface area contributed by atoms with E-state index in [2.05, 4.69) is 5.32 Å². The van der Waals surface area contributed by atoms with Crippen LogP contribution in [-0.2, 0) is 9.47 Å². The van der Waals surface area contributed by atoms with Crippen molar-refractivity contribution < 1.29 is 14.6 Å². The summed E-state index contributed by atoms with van der Waals surface area (Å²) >= 11 is 0. The summed E-state index contributed by atoms with van der Waals surface area (Å²) in [5.41, 5.74) is -0.627. The van der Waals surface area contributed by atoms with Crippen LogP contribution in [0.3, 0.4) is 0 Å². The fraction of sp³-hybridized carbons (Fsp3) is 1.00. The van der Waals surface area contributed by atoms with Crippen molar-refractivity contribution in [1.82, 2.24) is 5.32 Å². The first-order valence-corrected chi connectivity index (χ1v) is 6.28. The lowest BCUT2D eigenvalue weighted by molar-refractivity contribution is 0.0192. The van der Waals surface area contributed by atoms with Gasteiger partial charge in [-0.05, 0) is 25.7 Å². The fourth-order valence-corrected chi connectivity index (χ4v) is 2.57. The first-order chi connectivity index (χ1) is 7.72. The third kappa shape index (κ3) is 3.17. The van der Waals surface area contributed by atoms with E-state index in [9.17, 15) is 5.11 Å². The predicted octanol–water partition coefficient (Wildman–Crippen LogP) is 0.685. The van der Waals surface area contributed by atoms with Crippen molar-refractivity contribution in [3.05, 3.63) is 0 Å². The zero-order valence-corrected chi connectivity index (χ0v) is 10.1. The minimum Gasteiger partial charge on any atom is -0.386 e. The molecule has 1 saturated carbocycles. The first kappa shape index (κ1) is 12.3. The maximum Gasteiger partial charge on any atom is 0.102 e. The molecule has 1 heterocycles. The van der Waals surface area contributed by atoms with Gasteiger partial charge in [-0.15, -0.1) is 0 Å². The minimum atomic E-state index is -0.627. The molecule has 1 aliphatic carbocycles. The summed E-state index contributed by atoms with van der Waals surface area (Å²) in [6.07, 6.45) is 5.75. The Labute approximate surface area is 97.3 Å². The highest BCUT2D eigenvalue weighted by molar-refractivity contribution is 4.87. The molecule has 1 saturated heterocycles. The Bertz CT molecular complexity index is 208. The Balaban J connectivity index is 1.67. The van der Waals surface area contributed by atoms with Gasteiger partial charge in [0.2, 0.25) is 0 Å². The molecule has 0 aromatic rings. The van der Waals surface area contributed by atoms with Gasteiger partial charge in [0.05, 0.1) is 12.7 Å². The molecule has 0 radical (unpaired) electrons. The van der Waals surface area contributed by atoms with Crippen LogP contribution in [0.25, 0.3) is 0 Å². The van der Waals surface area contributed by atoms with Crippen LogP contribution < -0.4 is 5.32 Å². The Morgan fingerprint density at radius 3 is 2.69 bits per heavy atom. The molecule has 0 amide bonds. The van der Waals surface area contributed by atoms with E-state index in [0.29, 0.717) is 31.9 Å². The summed E-state index contributed by atoms with van der Waals surface area (Å²) in [5.74, 6) is 0. The first-order valence-electron chi connectivity index (χ1n) is 6.28. The smallest absolute Gasteiger partial charge is 0.102 e. The molecule has 1 atom stereocenters. The zero-order valence-electron chi connectivity index (χ0n) is 10.1. The summed E-state index contributed by atoms with van der Waals surface area (Å²) < 4.78 is 10.6. The quantitative estimate of drug-likeness (QED) is 0.744. The molecular formula is C12H23NO3. The van der Waals surface area contributed by atoms with Crippen LogP contribution in [0.15, 0.2) is 0 Å². The molecule has 1 aliphatic heterocycles. The zero-order chi connectivity index (χ0) is 11.4. The third-order valence-corrected chi connectivity index (χ3v) is 3.81. The Hall–Kier alpha value is -0.160. The molecule has 1 unspecified atom stereocenters. The van der Waals surface area contributed by atoms with E-state index in [1.807, 2.05) is 0 Å². The average molecular weight is 229 g/mol. The van der Waals surface area contributed by atoms with Gasteiger partial charge >= 0.3 is 0 Å². The van der Waals surface area contributed by atoms with Crippen molar-refractivity contribution in [2.75, 3.05) is 26.9 Å². The van der Waals surface area contributed by atoms with Gasteiger partial charge in [-0.25, -0.2) is 0 Å². The molecular weight excluding hydrogens is 206 g/mol. The molecule has 4 nitrogen and oxygen atoms in total. The lowest BCUT2D eigenvalue weighted by atomic mass is 9.92. The molecule has 0 spiro atoms. The number of methoxy groups -OCH3 is 1. The topological polar surface area (TPSA) is 50.7 Å². The van der Waals surface area contributed by atoms with Gasteiger partial charge in [0.1, 0.15) is 5.60 Å². The largest absolute Gasteiger partial charge is 0.386 e. The van der Waals surface area contributed by atoms with E-state index in [-0.39, 0.29) is 0 Å². The van der Waals surface area contributed by atoms with Gasteiger partial charge in [-0.2, -0.15) is 0 Å². The number of ether oxygens (including phenoxy) is 2. The number of aliphatic hydroxyl groups is 1. The van der Waals surface area contributed by atoms with Gasteiger partial charge in [-0.1, -0.05) is 0 Å². The van der Waals surface area contributed by atoms with Crippen LogP contribution in [0.4, 0.5) is 0 Å². The van der Waals surface area contributed by atoms with Crippen LogP contribution >= 0.6 is 0 Å². The number of hydrogen-bond donors (Lipinski definition) is 2. The molecule has 0 aromatic heterocycles. The van der Waals surface area contributed by atoms with Crippen LogP contribution in [0.1, 0.15) is 32.1 Å². The van der Waals surface area contributed by atoms with Crippen molar-refractivity contribution in [3.63, 3.8) is 0 Å². The van der Waals surface area contributed by atoms with Crippen LogP contribution in [0.5, 0.6) is 0 Å². The van der Waals surface area contributed by atoms with Gasteiger partial charge in [0.25, 0.3) is 0 Å². The van der Waals surface area contributed by atoms with E-state index >= 15 is 0 Å². The maximum atomic E-state index is 10.1. The summed E-state index contributed by atoms with van der Waals surface area (Å²) in [7, 11) is 1.79. The summed E-state index contributed by atoms with van der Waals surface area (Å²) in [4.78, 5) is 0. The molecule has 2 rings (SSSR count). The maximum absolute atomic E-state index is 10.1. The molecule has 4 heteroatoms. The van der Waals surface area contributed by atoms with Crippen LogP contribution in [-0.4, -0.2) is 49.7 Å². The molecule has 2 N–H and O–H groups in total. The normalized spacial score (nSPS) is 40.1. The monoisotopic (exact) mass is 229 g/mol. The lowest BCUT2D eigenvalue weighted by Gasteiger charge is -2.31. The predicted molar refractivity (Wildman–Crippen MR) is 61.4 cm³/mol. The number of rotatable bonds is 4. The Morgan fingerprint density at radius 1 is 1.38 bits per heavy atom. The Morgan fingerprint density at radius 2 is 2.12 bits per heavy atom. The third-order valence-electron chi connectivity index (χ3n) is 3.81. The highest BCUT2D eigenvalue weighted by Crippen LogP contribution is 2.22. The molecule has 94 valence electrons. The minimum absolute atomic E-state index is 0.441. The standard InChI is InChI=1S/C12H23NO3/c1-15-11-4-2-10(3-5-11)13-8-12(14)6-7-16-9-12/h10-11,13-14H,2-9H2,1H3. The summed E-state index contributed by atoms with van der Waals surface area (Å²) in [6, 6.07) is 0.538. The van der Waals surface area contributed by atoms with E-state index in [1.54, 1.807) is 7.11 Å². The van der Waals surface area contributed by atoms with Crippen molar-refractivity contribution in [3.8, 4) is 0 Å². The summed E-state index contributed by atoms with van der Waals surface area (Å²) in [6.45, 7) is 1.83. The number of hydrogen-bond acceptors (Lipinski definition) is 4. The highest BCUT2D eigenvalue weighted by atomic mass is 16.5. The van der Waals surface area contributed by atoms with E-state index < -0.39 is 5.60 Å². The lowest BCUT2D eigenvalue weighted by Crippen LogP contribution is -2.46. The average Bonchev–Trinajstić information content (AvgIpc) is 2.75. The van der Waals surface area contributed by atoms with Crippen LogP contribution in [0.2, 0.25) is 0 Å². The van der Waals surface area contributed by atoms with E-state index in [0.717, 1.165) is 32.1 Å². The molecule has 0 bridgehead atoms. The van der Waals surface area contributed by atoms with E-state index in [1.165, 1.54) is 0 Å². The molecule has 2 aliphatic rings. The van der Waals surface area contributed by atoms with Gasteiger partial charge in [0, 0.05) is 32.7 Å². The highest BCUT2D eigenvalue weighted by Gasteiger charge is 2.33. The van der Waals surface area contributed by atoms with Crippen LogP contribution in [0, 0.1) is 0 Å². The van der Waals surface area contributed by atoms with Crippen molar-refractivity contribution in [2.24, 2.45) is 0 Å². The van der Waals surface area contributed by atoms with Gasteiger partial charge < -0.3 is 19.9 Å². The molecule has 16 heavy (non-hydrogen) atoms.